The zero-order valence-electron chi connectivity index (χ0n) is 9.04. The molecular weight excluding hydrogens is 206 g/mol. The zero-order valence-corrected chi connectivity index (χ0v) is 13.0. The second-order valence-electron chi connectivity index (χ2n) is 2.73. The van der Waals surface area contributed by atoms with E-state index >= 15 is 0 Å². The second-order valence-corrected chi connectivity index (χ2v) is 2.73. The summed E-state index contributed by atoms with van der Waals surface area (Å²) in [6, 6.07) is 0. The van der Waals surface area contributed by atoms with Crippen LogP contribution in [0.15, 0.2) is 0 Å². The molecule has 0 aromatic carbocycles. The Morgan fingerprint density at radius 1 is 1.21 bits per heavy atom. The van der Waals surface area contributed by atoms with Gasteiger partial charge in [-0.05, 0) is 12.8 Å². The molecule has 0 spiro atoms. The van der Waals surface area contributed by atoms with Crippen LogP contribution in [0.3, 0.4) is 0 Å². The molecule has 0 aliphatic rings. The molecule has 1 atom stereocenters. The van der Waals surface area contributed by atoms with Crippen LogP contribution < -0.4 is 69.3 Å². The predicted octanol–water partition coefficient (Wildman–Crippen LogP) is -7.31. The second kappa shape index (κ2) is 12.0. The number of carboxylic acid groups (broad SMARTS) is 2. The first-order valence-electron chi connectivity index (χ1n) is 3.98. The summed E-state index contributed by atoms with van der Waals surface area (Å²) >= 11 is 0. The minimum absolute atomic E-state index is 0. The van der Waals surface area contributed by atoms with Crippen molar-refractivity contribution in [2.75, 3.05) is 0 Å². The van der Waals surface area contributed by atoms with Gasteiger partial charge in [-0.1, -0.05) is 19.8 Å². The van der Waals surface area contributed by atoms with E-state index in [-0.39, 0.29) is 59.1 Å². The van der Waals surface area contributed by atoms with E-state index in [2.05, 4.69) is 0 Å². The molecule has 6 heteroatoms. The van der Waals surface area contributed by atoms with Gasteiger partial charge in [0.25, 0.3) is 0 Å². The molecule has 0 aromatic rings. The van der Waals surface area contributed by atoms with Crippen LogP contribution >= 0.6 is 0 Å². The van der Waals surface area contributed by atoms with Gasteiger partial charge in [0.05, 0.1) is 0 Å². The summed E-state index contributed by atoms with van der Waals surface area (Å²) in [5.74, 6) is -3.53. The molecule has 0 fully saturated rings. The molecule has 14 heavy (non-hydrogen) atoms. The largest absolute Gasteiger partial charge is 1.00 e. The summed E-state index contributed by atoms with van der Waals surface area (Å²) in [5, 5.41) is 20.4. The van der Waals surface area contributed by atoms with Gasteiger partial charge in [-0.2, -0.15) is 0 Å². The third-order valence-corrected chi connectivity index (χ3v) is 1.65. The molecule has 1 unspecified atom stereocenters. The van der Waals surface area contributed by atoms with E-state index in [0.717, 1.165) is 6.42 Å². The molecule has 70 valence electrons. The summed E-state index contributed by atoms with van der Waals surface area (Å²) in [6.07, 6.45) is 1.46. The maximum atomic E-state index is 10.3. The van der Waals surface area contributed by atoms with E-state index in [1.165, 1.54) is 0 Å². The Morgan fingerprint density at radius 3 is 2.00 bits per heavy atom. The molecule has 0 amide bonds. The van der Waals surface area contributed by atoms with Crippen molar-refractivity contribution in [3.63, 3.8) is 0 Å². The SMILES string of the molecule is CCCCC(CC(=O)[O-])C(=O)[O-].[Na+].[Na+]. The fourth-order valence-corrected chi connectivity index (χ4v) is 0.955. The molecule has 0 bridgehead atoms. The Bertz CT molecular complexity index is 173. The number of aliphatic carboxylic acids is 2. The van der Waals surface area contributed by atoms with Crippen LogP contribution in [-0.2, 0) is 9.59 Å². The van der Waals surface area contributed by atoms with Gasteiger partial charge in [0.1, 0.15) is 0 Å². The van der Waals surface area contributed by atoms with E-state index in [1.807, 2.05) is 6.92 Å². The van der Waals surface area contributed by atoms with Gasteiger partial charge < -0.3 is 19.8 Å². The Morgan fingerprint density at radius 2 is 1.71 bits per heavy atom. The molecule has 0 aliphatic heterocycles. The summed E-state index contributed by atoms with van der Waals surface area (Å²) in [4.78, 5) is 20.4. The first-order valence-corrected chi connectivity index (χ1v) is 3.98. The number of carbonyl (C=O) groups is 2. The fourth-order valence-electron chi connectivity index (χ4n) is 0.955. The van der Waals surface area contributed by atoms with Crippen LogP contribution in [-0.4, -0.2) is 11.9 Å². The van der Waals surface area contributed by atoms with Gasteiger partial charge in [0, 0.05) is 17.9 Å². The number of unbranched alkanes of at least 4 members (excludes halogenated alkanes) is 1. The van der Waals surface area contributed by atoms with Gasteiger partial charge in [0.2, 0.25) is 0 Å². The van der Waals surface area contributed by atoms with Crippen molar-refractivity contribution in [2.24, 2.45) is 5.92 Å². The van der Waals surface area contributed by atoms with Crippen molar-refractivity contribution in [1.82, 2.24) is 0 Å². The average molecular weight is 218 g/mol. The summed E-state index contributed by atoms with van der Waals surface area (Å²) in [7, 11) is 0. The maximum Gasteiger partial charge on any atom is 1.00 e. The maximum absolute atomic E-state index is 10.3. The van der Waals surface area contributed by atoms with Gasteiger partial charge in [-0.25, -0.2) is 0 Å². The quantitative estimate of drug-likeness (QED) is 0.415. The summed E-state index contributed by atoms with van der Waals surface area (Å²) in [5.41, 5.74) is 0. The minimum Gasteiger partial charge on any atom is -0.550 e. The Balaban J connectivity index is -0.000000605. The van der Waals surface area contributed by atoms with Crippen molar-refractivity contribution in [3.05, 3.63) is 0 Å². The summed E-state index contributed by atoms with van der Waals surface area (Å²) < 4.78 is 0. The normalized spacial score (nSPS) is 10.6. The molecule has 0 heterocycles. The topological polar surface area (TPSA) is 80.3 Å². The first-order chi connectivity index (χ1) is 5.57. The Labute approximate surface area is 128 Å². The zero-order chi connectivity index (χ0) is 9.56. The number of carbonyl (C=O) groups excluding carboxylic acids is 2. The Hall–Kier alpha value is 0.940. The molecule has 0 N–H and O–H groups in total. The van der Waals surface area contributed by atoms with E-state index in [1.54, 1.807) is 0 Å². The van der Waals surface area contributed by atoms with Crippen molar-refractivity contribution >= 4 is 11.9 Å². The molecule has 0 saturated heterocycles. The van der Waals surface area contributed by atoms with Crippen molar-refractivity contribution in [2.45, 2.75) is 32.6 Å². The summed E-state index contributed by atoms with van der Waals surface area (Å²) in [6.45, 7) is 1.91. The monoisotopic (exact) mass is 218 g/mol. The van der Waals surface area contributed by atoms with Crippen LogP contribution in [0.5, 0.6) is 0 Å². The number of rotatable bonds is 6. The van der Waals surface area contributed by atoms with Crippen LogP contribution in [0.2, 0.25) is 0 Å². The number of hydrogen-bond donors (Lipinski definition) is 0. The molecular formula is C8H12Na2O4. The molecule has 0 saturated carbocycles. The smallest absolute Gasteiger partial charge is 0.550 e. The third kappa shape index (κ3) is 11.0. The standard InChI is InChI=1S/C8H14O4.2Na/c1-2-3-4-6(8(11)12)5-7(9)10;;/h6H,2-5H2,1H3,(H,9,10)(H,11,12);;/q;2*+1/p-2. The third-order valence-electron chi connectivity index (χ3n) is 1.65. The Kier molecular flexibility index (Phi) is 17.5. The first kappa shape index (κ1) is 20.4. The van der Waals surface area contributed by atoms with Gasteiger partial charge in [-0.15, -0.1) is 0 Å². The van der Waals surface area contributed by atoms with Gasteiger partial charge in [-0.3, -0.25) is 0 Å². The molecule has 4 nitrogen and oxygen atoms in total. The van der Waals surface area contributed by atoms with Crippen molar-refractivity contribution in [3.8, 4) is 0 Å². The van der Waals surface area contributed by atoms with Gasteiger partial charge in [0.15, 0.2) is 0 Å². The van der Waals surface area contributed by atoms with Crippen LogP contribution in [0.25, 0.3) is 0 Å². The van der Waals surface area contributed by atoms with E-state index < -0.39 is 24.3 Å². The number of carboxylic acids is 2. The van der Waals surface area contributed by atoms with E-state index in [0.29, 0.717) is 12.8 Å². The van der Waals surface area contributed by atoms with E-state index in [9.17, 15) is 19.8 Å². The minimum atomic E-state index is -1.33. The van der Waals surface area contributed by atoms with Crippen LogP contribution in [0.4, 0.5) is 0 Å². The van der Waals surface area contributed by atoms with Crippen molar-refractivity contribution in [1.29, 1.82) is 0 Å². The molecule has 0 aliphatic carbocycles. The predicted molar refractivity (Wildman–Crippen MR) is 37.6 cm³/mol. The number of hydrogen-bond acceptors (Lipinski definition) is 4. The molecule has 0 radical (unpaired) electrons. The van der Waals surface area contributed by atoms with Crippen LogP contribution in [0, 0.1) is 5.92 Å². The van der Waals surface area contributed by atoms with Crippen LogP contribution in [0.1, 0.15) is 32.6 Å². The molecule has 0 rings (SSSR count). The van der Waals surface area contributed by atoms with Crippen molar-refractivity contribution < 1.29 is 78.9 Å². The van der Waals surface area contributed by atoms with E-state index in [4.69, 9.17) is 0 Å². The fraction of sp³-hybridized carbons (Fsp3) is 0.750. The average Bonchev–Trinajstić information content (AvgIpc) is 1.96. The molecule has 0 aromatic heterocycles. The van der Waals surface area contributed by atoms with Gasteiger partial charge >= 0.3 is 59.1 Å².